The lowest BCUT2D eigenvalue weighted by molar-refractivity contribution is -0.726. The first-order chi connectivity index (χ1) is 13.9. The van der Waals surface area contributed by atoms with Crippen LogP contribution in [0.25, 0.3) is 27.5 Å². The number of H-pyrrole nitrogens is 1. The van der Waals surface area contributed by atoms with Crippen molar-refractivity contribution in [1.82, 2.24) is 20.1 Å². The van der Waals surface area contributed by atoms with Crippen LogP contribution in [0, 0.1) is 18.4 Å². The maximum absolute atomic E-state index is 7.50. The van der Waals surface area contributed by atoms with E-state index in [9.17, 15) is 0 Å². The summed E-state index contributed by atoms with van der Waals surface area (Å²) in [6.45, 7) is 14.4. The zero-order chi connectivity index (χ0) is 20.6. The fraction of sp³-hybridized carbons (Fsp3) is 0.435. The van der Waals surface area contributed by atoms with Crippen molar-refractivity contribution >= 4 is 5.69 Å². The molecule has 0 amide bonds. The average Bonchev–Trinajstić information content (AvgIpc) is 3.13. The highest BCUT2D eigenvalue weighted by atomic mass is 15.2. The van der Waals surface area contributed by atoms with Crippen LogP contribution in [0.3, 0.4) is 0 Å². The van der Waals surface area contributed by atoms with E-state index in [-0.39, 0.29) is 5.41 Å². The molecule has 148 valence electrons. The second-order valence-corrected chi connectivity index (χ2v) is 8.88. The van der Waals surface area contributed by atoms with Crippen LogP contribution < -0.4 is 4.68 Å². The number of hydrogen-bond acceptors (Lipinski definition) is 3. The van der Waals surface area contributed by atoms with Gasteiger partial charge in [-0.05, 0) is 54.9 Å². The number of aromatic amines is 1. The zero-order valence-electron chi connectivity index (χ0n) is 17.5. The Bertz CT molecular complexity index is 1070. The van der Waals surface area contributed by atoms with E-state index in [1.807, 2.05) is 42.2 Å². The lowest BCUT2D eigenvalue weighted by atomic mass is 9.67. The molecule has 1 aliphatic carbocycles. The summed E-state index contributed by atoms with van der Waals surface area (Å²) in [6, 6.07) is 7.77. The molecule has 2 heterocycles. The van der Waals surface area contributed by atoms with Gasteiger partial charge in [0.2, 0.25) is 0 Å². The molecule has 2 aromatic heterocycles. The van der Waals surface area contributed by atoms with E-state index < -0.39 is 0 Å². The van der Waals surface area contributed by atoms with Gasteiger partial charge in [0.05, 0.1) is 6.57 Å². The minimum Gasteiger partial charge on any atom is -0.238 e. The van der Waals surface area contributed by atoms with E-state index in [2.05, 4.69) is 40.7 Å². The van der Waals surface area contributed by atoms with Gasteiger partial charge in [-0.15, -0.1) is 4.68 Å². The highest BCUT2D eigenvalue weighted by Crippen LogP contribution is 2.43. The number of rotatable bonds is 3. The summed E-state index contributed by atoms with van der Waals surface area (Å²) < 4.78 is 1.88. The van der Waals surface area contributed by atoms with Gasteiger partial charge < -0.3 is 0 Å². The number of aryl methyl sites for hydroxylation is 1. The summed E-state index contributed by atoms with van der Waals surface area (Å²) in [6.07, 6.45) is 7.01. The van der Waals surface area contributed by atoms with Gasteiger partial charge >= 0.3 is 0 Å². The summed E-state index contributed by atoms with van der Waals surface area (Å²) in [7, 11) is 1.94. The number of nitrogens with one attached hydrogen (secondary N) is 1. The summed E-state index contributed by atoms with van der Waals surface area (Å²) in [5.74, 6) is 2.82. The van der Waals surface area contributed by atoms with E-state index in [0.717, 1.165) is 35.5 Å². The van der Waals surface area contributed by atoms with E-state index in [4.69, 9.17) is 11.6 Å². The topological polar surface area (TPSA) is 62.7 Å². The van der Waals surface area contributed by atoms with Gasteiger partial charge in [0.25, 0.3) is 0 Å². The molecule has 6 nitrogen and oxygen atoms in total. The van der Waals surface area contributed by atoms with Gasteiger partial charge in [0.15, 0.2) is 24.8 Å². The Morgan fingerprint density at radius 3 is 2.52 bits per heavy atom. The monoisotopic (exact) mass is 387 g/mol. The zero-order valence-corrected chi connectivity index (χ0v) is 17.5. The Balaban J connectivity index is 1.76. The van der Waals surface area contributed by atoms with Crippen molar-refractivity contribution in [1.29, 1.82) is 0 Å². The highest BCUT2D eigenvalue weighted by Gasteiger charge is 2.37. The molecule has 0 aliphatic heterocycles. The van der Waals surface area contributed by atoms with E-state index in [1.54, 1.807) is 6.33 Å². The largest absolute Gasteiger partial charge is 0.238 e. The maximum Gasteiger partial charge on any atom is 0.195 e. The summed E-state index contributed by atoms with van der Waals surface area (Å²) in [5.41, 5.74) is 3.28. The van der Waals surface area contributed by atoms with Crippen molar-refractivity contribution in [2.75, 3.05) is 0 Å². The molecule has 4 rings (SSSR count). The predicted octanol–water partition coefficient (Wildman–Crippen LogP) is 4.62. The minimum absolute atomic E-state index is 0.0395. The highest BCUT2D eigenvalue weighted by molar-refractivity contribution is 5.74. The van der Waals surface area contributed by atoms with Crippen LogP contribution in [0.5, 0.6) is 0 Å². The lowest BCUT2D eigenvalue weighted by Crippen LogP contribution is -2.34. The maximum atomic E-state index is 7.50. The second kappa shape index (κ2) is 7.40. The smallest absolute Gasteiger partial charge is 0.195 e. The Morgan fingerprint density at radius 1 is 1.14 bits per heavy atom. The number of benzene rings is 1. The van der Waals surface area contributed by atoms with Crippen molar-refractivity contribution in [2.45, 2.75) is 45.4 Å². The normalized spacial score (nSPS) is 24.2. The first-order valence-corrected chi connectivity index (χ1v) is 10.1. The average molecular weight is 388 g/mol. The lowest BCUT2D eigenvalue weighted by Gasteiger charge is -2.39. The van der Waals surface area contributed by atoms with Crippen LogP contribution in [0.15, 0.2) is 36.8 Å². The van der Waals surface area contributed by atoms with Crippen molar-refractivity contribution < 1.29 is 4.68 Å². The Morgan fingerprint density at radius 2 is 1.86 bits per heavy atom. The standard InChI is InChI=1S/C23H26N6/c1-15-8-16(2)13-23(3,12-15)22-26-14-25-21(27-22)18-9-17(10-19(11-18)24-4)20-6-7-29(5)28-20/h6-7,9-11,14-16H,8,12-13H2,1-3,5H3/p+1. The van der Waals surface area contributed by atoms with Gasteiger partial charge in [-0.25, -0.2) is 19.8 Å². The Hall–Kier alpha value is -3.07. The van der Waals surface area contributed by atoms with Crippen molar-refractivity contribution in [3.63, 3.8) is 0 Å². The Kier molecular flexibility index (Phi) is 4.91. The molecule has 1 aromatic carbocycles. The van der Waals surface area contributed by atoms with Gasteiger partial charge in [0, 0.05) is 17.0 Å². The minimum atomic E-state index is -0.0395. The molecule has 0 bridgehead atoms. The van der Waals surface area contributed by atoms with Crippen molar-refractivity contribution in [3.05, 3.63) is 54.0 Å². The molecule has 1 aliphatic rings. The molecule has 1 N–H and O–H groups in total. The van der Waals surface area contributed by atoms with Gasteiger partial charge in [0.1, 0.15) is 17.8 Å². The molecule has 29 heavy (non-hydrogen) atoms. The number of hydrogen-bond donors (Lipinski definition) is 1. The van der Waals surface area contributed by atoms with Crippen molar-refractivity contribution in [3.8, 4) is 22.6 Å². The molecular weight excluding hydrogens is 360 g/mol. The van der Waals surface area contributed by atoms with Gasteiger partial charge in [-0.1, -0.05) is 20.8 Å². The van der Waals surface area contributed by atoms with E-state index in [1.165, 1.54) is 6.42 Å². The Labute approximate surface area is 171 Å². The van der Waals surface area contributed by atoms with Gasteiger partial charge in [-0.3, -0.25) is 0 Å². The third-order valence-corrected chi connectivity index (χ3v) is 5.89. The van der Waals surface area contributed by atoms with Gasteiger partial charge in [-0.2, -0.15) is 5.10 Å². The SMILES string of the molecule is [C-]#[N+]c1cc(-c2ncnc(C3(C)CC(C)CC(C)C3)n2)cc(-c2cc[n+](C)[nH]2)c1. The summed E-state index contributed by atoms with van der Waals surface area (Å²) >= 11 is 0. The van der Waals surface area contributed by atoms with Crippen LogP contribution in [0.1, 0.15) is 45.9 Å². The van der Waals surface area contributed by atoms with Crippen LogP contribution in [-0.4, -0.2) is 20.1 Å². The molecule has 1 fully saturated rings. The first-order valence-electron chi connectivity index (χ1n) is 10.1. The van der Waals surface area contributed by atoms with E-state index in [0.29, 0.717) is 23.3 Å². The fourth-order valence-corrected chi connectivity index (χ4v) is 4.96. The van der Waals surface area contributed by atoms with Crippen LogP contribution in [-0.2, 0) is 12.5 Å². The summed E-state index contributed by atoms with van der Waals surface area (Å²) in [5, 5.41) is 3.26. The van der Waals surface area contributed by atoms with Crippen LogP contribution in [0.4, 0.5) is 5.69 Å². The third kappa shape index (κ3) is 3.91. The summed E-state index contributed by atoms with van der Waals surface area (Å²) in [4.78, 5) is 17.5. The third-order valence-electron chi connectivity index (χ3n) is 5.89. The van der Waals surface area contributed by atoms with Crippen LogP contribution in [0.2, 0.25) is 0 Å². The molecule has 1 saturated carbocycles. The molecular formula is C23H27N6+. The molecule has 2 atom stereocenters. The fourth-order valence-electron chi connectivity index (χ4n) is 4.96. The second-order valence-electron chi connectivity index (χ2n) is 8.88. The number of nitrogens with zero attached hydrogens (tertiary/aromatic N) is 5. The molecule has 2 unspecified atom stereocenters. The first kappa shape index (κ1) is 19.3. The molecule has 0 radical (unpaired) electrons. The molecule has 6 heteroatoms. The molecule has 0 saturated heterocycles. The molecule has 0 spiro atoms. The number of aromatic nitrogens is 5. The molecule has 3 aromatic rings. The van der Waals surface area contributed by atoms with E-state index >= 15 is 0 Å². The van der Waals surface area contributed by atoms with Crippen LogP contribution >= 0.6 is 0 Å². The van der Waals surface area contributed by atoms with Crippen molar-refractivity contribution in [2.24, 2.45) is 18.9 Å². The predicted molar refractivity (Wildman–Crippen MR) is 112 cm³/mol. The quantitative estimate of drug-likeness (QED) is 0.527.